The second-order valence-corrected chi connectivity index (χ2v) is 6.15. The van der Waals surface area contributed by atoms with Gasteiger partial charge in [-0.3, -0.25) is 0 Å². The number of phosphoric acid groups is 2. The summed E-state index contributed by atoms with van der Waals surface area (Å²) in [6.45, 7) is 0. The summed E-state index contributed by atoms with van der Waals surface area (Å²) in [5, 5.41) is 0. The van der Waals surface area contributed by atoms with E-state index in [0.29, 0.717) is 0 Å². The molecule has 0 bridgehead atoms. The summed E-state index contributed by atoms with van der Waals surface area (Å²) in [7, 11) is -10.1. The monoisotopic (exact) mass is 294 g/mol. The molecular formula is H8O11P2Ti. The Morgan fingerprint density at radius 2 is 0.929 bits per heavy atom. The third-order valence-electron chi connectivity index (χ3n) is 0.213. The van der Waals surface area contributed by atoms with Gasteiger partial charge >= 0.3 is 48.5 Å². The first kappa shape index (κ1) is 17.2. The van der Waals surface area contributed by atoms with Gasteiger partial charge in [0.2, 0.25) is 0 Å². The normalized spacial score (nSPS) is 13.1. The molecule has 0 unspecified atom stereocenters. The van der Waals surface area contributed by atoms with Crippen LogP contribution < -0.4 is 0 Å². The Balaban J connectivity index is 0. The first-order valence-electron chi connectivity index (χ1n) is 2.42. The van der Waals surface area contributed by atoms with Gasteiger partial charge in [-0.05, 0) is 0 Å². The molecule has 11 nitrogen and oxygen atoms in total. The van der Waals surface area contributed by atoms with E-state index in [2.05, 4.69) is 4.31 Å². The van der Waals surface area contributed by atoms with Crippen molar-refractivity contribution in [2.75, 3.05) is 0 Å². The van der Waals surface area contributed by atoms with Crippen molar-refractivity contribution in [3.8, 4) is 0 Å². The molecule has 0 rings (SSSR count). The van der Waals surface area contributed by atoms with Crippen molar-refractivity contribution >= 4 is 15.6 Å². The molecule has 0 aliphatic rings. The molecule has 0 aromatic heterocycles. The van der Waals surface area contributed by atoms with Gasteiger partial charge in [-0.25, -0.2) is 9.13 Å². The fourth-order valence-corrected chi connectivity index (χ4v) is 1.25. The number of hydrogen-bond donors (Lipinski definition) is 8. The standard InChI is InChI=1S/H4O7P2.4H2O.Ti/c1-8(2,3)7-9(4,5)6;;;;;/h(H2,1,2,3)(H2,4,5,6);4*1H2;/q;;;;;+4/p-4. The Labute approximate surface area is 82.0 Å². The van der Waals surface area contributed by atoms with Gasteiger partial charge in [0.25, 0.3) is 0 Å². The van der Waals surface area contributed by atoms with E-state index in [1.807, 2.05) is 0 Å². The zero-order chi connectivity index (χ0) is 12.2. The van der Waals surface area contributed by atoms with Gasteiger partial charge in [0.05, 0.1) is 0 Å². The molecule has 0 fully saturated rings. The van der Waals surface area contributed by atoms with Crippen LogP contribution in [0.5, 0.6) is 0 Å². The maximum absolute atomic E-state index is 9.63. The summed E-state index contributed by atoms with van der Waals surface area (Å²) < 4.78 is 51.7. The first-order chi connectivity index (χ1) is 5.71. The summed E-state index contributed by atoms with van der Waals surface area (Å²) in [4.78, 5) is 31.0. The van der Waals surface area contributed by atoms with E-state index in [1.165, 1.54) is 0 Å². The summed E-state index contributed by atoms with van der Waals surface area (Å²) in [5.41, 5.74) is 0. The van der Waals surface area contributed by atoms with Crippen LogP contribution in [-0.4, -0.2) is 34.3 Å². The van der Waals surface area contributed by atoms with Gasteiger partial charge in [0.1, 0.15) is 0 Å². The molecule has 0 amide bonds. The van der Waals surface area contributed by atoms with E-state index in [9.17, 15) is 9.13 Å². The van der Waals surface area contributed by atoms with E-state index in [0.717, 1.165) is 0 Å². The molecule has 0 heterocycles. The minimum atomic E-state index is -5.05. The Hall–Kier alpha value is 0.814. The van der Waals surface area contributed by atoms with Crippen LogP contribution in [0.25, 0.3) is 0 Å². The topological polar surface area (TPSA) is 205 Å². The fourth-order valence-electron chi connectivity index (χ4n) is 0.139. The van der Waals surface area contributed by atoms with Crippen molar-refractivity contribution in [3.63, 3.8) is 0 Å². The Kier molecular flexibility index (Phi) is 7.11. The van der Waals surface area contributed by atoms with Gasteiger partial charge in [0.15, 0.2) is 0 Å². The van der Waals surface area contributed by atoms with Gasteiger partial charge in [-0.15, -0.1) is 0 Å². The van der Waals surface area contributed by atoms with E-state index in [-0.39, 0.29) is 0 Å². The molecule has 0 radical (unpaired) electrons. The molecule has 0 saturated carbocycles. The van der Waals surface area contributed by atoms with E-state index in [4.69, 9.17) is 34.3 Å². The molecule has 0 aromatic carbocycles. The van der Waals surface area contributed by atoms with Crippen LogP contribution in [0.3, 0.4) is 0 Å². The van der Waals surface area contributed by atoms with E-state index in [1.54, 1.807) is 0 Å². The molecule has 0 aromatic rings. The first-order valence-corrected chi connectivity index (χ1v) is 8.28. The number of rotatable bonds is 2. The predicted molar refractivity (Wildman–Crippen MR) is 34.0 cm³/mol. The van der Waals surface area contributed by atoms with Crippen molar-refractivity contribution in [1.29, 1.82) is 0 Å². The molecule has 0 aliphatic carbocycles. The maximum atomic E-state index is 9.63. The molecule has 0 atom stereocenters. The van der Waals surface area contributed by atoms with Crippen LogP contribution in [0.15, 0.2) is 0 Å². The second kappa shape index (κ2) is 5.78. The fraction of sp³-hybridized carbons (Fsp3) is 0. The molecule has 14 heteroatoms. The second-order valence-electron chi connectivity index (χ2n) is 1.66. The van der Waals surface area contributed by atoms with Gasteiger partial charge in [-0.1, -0.05) is 0 Å². The van der Waals surface area contributed by atoms with Crippen molar-refractivity contribution in [1.82, 2.24) is 0 Å². The van der Waals surface area contributed by atoms with Crippen LogP contribution in [0.2, 0.25) is 0 Å². The molecule has 0 saturated heterocycles. The average molecular weight is 294 g/mol. The molecule has 8 N–H and O–H groups in total. The van der Waals surface area contributed by atoms with Crippen LogP contribution >= 0.6 is 15.6 Å². The SMILES string of the molecule is O=P(O)(O)OP(=O)(O)O.[OH][Ti]([OH])([OH])[OH]. The van der Waals surface area contributed by atoms with Gasteiger partial charge < -0.3 is 19.6 Å². The molecule has 14 heavy (non-hydrogen) atoms. The van der Waals surface area contributed by atoms with Gasteiger partial charge in [0, 0.05) is 0 Å². The summed E-state index contributed by atoms with van der Waals surface area (Å²) in [6.07, 6.45) is 0. The summed E-state index contributed by atoms with van der Waals surface area (Å²) >= 11 is -5.00. The Morgan fingerprint density at radius 3 is 0.929 bits per heavy atom. The van der Waals surface area contributed by atoms with Crippen LogP contribution in [0, 0.1) is 0 Å². The van der Waals surface area contributed by atoms with E-state index < -0.39 is 33.8 Å². The minimum absolute atomic E-state index is 2.96. The van der Waals surface area contributed by atoms with Crippen LogP contribution in [0.4, 0.5) is 0 Å². The van der Waals surface area contributed by atoms with Crippen molar-refractivity contribution in [3.05, 3.63) is 0 Å². The zero-order valence-corrected chi connectivity index (χ0v) is 9.55. The number of hydrogen-bond acceptors (Lipinski definition) is 7. The van der Waals surface area contributed by atoms with Crippen LogP contribution in [0.1, 0.15) is 0 Å². The van der Waals surface area contributed by atoms with Crippen LogP contribution in [-0.2, 0) is 31.6 Å². The molecule has 0 spiro atoms. The summed E-state index contributed by atoms with van der Waals surface area (Å²) in [5.74, 6) is 0. The molecular weight excluding hydrogens is 286 g/mol. The summed E-state index contributed by atoms with van der Waals surface area (Å²) in [6, 6.07) is 0. The third kappa shape index (κ3) is 38.5. The van der Waals surface area contributed by atoms with Crippen molar-refractivity contribution in [2.24, 2.45) is 0 Å². The molecule has 0 aliphatic heterocycles. The van der Waals surface area contributed by atoms with Crippen molar-refractivity contribution in [2.45, 2.75) is 0 Å². The quantitative estimate of drug-likeness (QED) is 0.190. The third-order valence-corrected chi connectivity index (χ3v) is 1.91. The van der Waals surface area contributed by atoms with Gasteiger partial charge in [-0.2, -0.15) is 4.31 Å². The Morgan fingerprint density at radius 1 is 0.786 bits per heavy atom. The average Bonchev–Trinajstić information content (AvgIpc) is 1.42. The van der Waals surface area contributed by atoms with Crippen molar-refractivity contribution < 1.29 is 65.9 Å². The predicted octanol–water partition coefficient (Wildman–Crippen LogP) is -3.04. The van der Waals surface area contributed by atoms with E-state index >= 15 is 0 Å². The molecule has 88 valence electrons. The Bertz CT molecular complexity index is 211. The zero-order valence-electron chi connectivity index (χ0n) is 6.20.